The minimum absolute atomic E-state index is 0.138. The molecule has 0 N–H and O–H groups in total. The zero-order valence-corrected chi connectivity index (χ0v) is 12.9. The molecule has 110 valence electrons. The fraction of sp³-hybridized carbons (Fsp3) is 0.357. The van der Waals surface area contributed by atoms with Crippen molar-refractivity contribution in [3.05, 3.63) is 42.5 Å². The highest BCUT2D eigenvalue weighted by molar-refractivity contribution is 7.89. The molecule has 1 amide bonds. The van der Waals surface area contributed by atoms with E-state index in [1.807, 2.05) is 6.92 Å². The molecule has 1 rings (SSSR count). The van der Waals surface area contributed by atoms with Crippen molar-refractivity contribution >= 4 is 15.9 Å². The van der Waals surface area contributed by atoms with E-state index in [0.717, 1.165) is 4.31 Å². The summed E-state index contributed by atoms with van der Waals surface area (Å²) in [6.07, 6.45) is 1.66. The van der Waals surface area contributed by atoms with Crippen molar-refractivity contribution in [2.75, 3.05) is 27.2 Å². The van der Waals surface area contributed by atoms with Gasteiger partial charge in [-0.3, -0.25) is 4.79 Å². The SMILES string of the molecule is C=CCN(CC)C(=O)c1ccc(S(=O)(=O)N(C)C)cc1. The van der Waals surface area contributed by atoms with Crippen LogP contribution in [0, 0.1) is 0 Å². The Kier molecular flexibility index (Phi) is 5.47. The summed E-state index contributed by atoms with van der Waals surface area (Å²) in [5.74, 6) is -0.138. The number of sulfonamides is 1. The second kappa shape index (κ2) is 6.67. The molecular weight excluding hydrogens is 276 g/mol. The van der Waals surface area contributed by atoms with E-state index >= 15 is 0 Å². The first-order valence-corrected chi connectivity index (χ1v) is 7.71. The van der Waals surface area contributed by atoms with Crippen molar-refractivity contribution in [2.45, 2.75) is 11.8 Å². The van der Waals surface area contributed by atoms with E-state index in [2.05, 4.69) is 6.58 Å². The van der Waals surface area contributed by atoms with Crippen LogP contribution in [0.15, 0.2) is 41.8 Å². The molecule has 0 aliphatic heterocycles. The van der Waals surface area contributed by atoms with Crippen LogP contribution in [0.5, 0.6) is 0 Å². The number of amides is 1. The zero-order chi connectivity index (χ0) is 15.3. The second-order valence-corrected chi connectivity index (χ2v) is 6.60. The highest BCUT2D eigenvalue weighted by atomic mass is 32.2. The first-order chi connectivity index (χ1) is 9.34. The van der Waals surface area contributed by atoms with E-state index in [1.54, 1.807) is 11.0 Å². The van der Waals surface area contributed by atoms with Gasteiger partial charge in [0.05, 0.1) is 4.90 Å². The molecule has 1 aromatic carbocycles. The summed E-state index contributed by atoms with van der Waals surface area (Å²) < 4.78 is 25.0. The maximum Gasteiger partial charge on any atom is 0.254 e. The van der Waals surface area contributed by atoms with Gasteiger partial charge in [-0.1, -0.05) is 6.08 Å². The van der Waals surface area contributed by atoms with Crippen LogP contribution in [0.4, 0.5) is 0 Å². The van der Waals surface area contributed by atoms with Gasteiger partial charge >= 0.3 is 0 Å². The summed E-state index contributed by atoms with van der Waals surface area (Å²) in [6, 6.07) is 5.96. The van der Waals surface area contributed by atoms with E-state index in [-0.39, 0.29) is 10.8 Å². The fourth-order valence-electron chi connectivity index (χ4n) is 1.67. The number of carbonyl (C=O) groups excluding carboxylic acids is 1. The topological polar surface area (TPSA) is 57.7 Å². The Morgan fingerprint density at radius 3 is 2.20 bits per heavy atom. The van der Waals surface area contributed by atoms with Crippen molar-refractivity contribution < 1.29 is 13.2 Å². The first kappa shape index (κ1) is 16.4. The van der Waals surface area contributed by atoms with Crippen molar-refractivity contribution in [3.63, 3.8) is 0 Å². The molecule has 0 aliphatic carbocycles. The Bertz CT molecular complexity index is 577. The van der Waals surface area contributed by atoms with Crippen molar-refractivity contribution in [3.8, 4) is 0 Å². The van der Waals surface area contributed by atoms with Gasteiger partial charge < -0.3 is 4.90 Å². The van der Waals surface area contributed by atoms with Gasteiger partial charge in [0.2, 0.25) is 10.0 Å². The van der Waals surface area contributed by atoms with Crippen LogP contribution in [-0.2, 0) is 10.0 Å². The fourth-order valence-corrected chi connectivity index (χ4v) is 2.58. The molecule has 0 bridgehead atoms. The standard InChI is InChI=1S/C14H20N2O3S/c1-5-11-16(6-2)14(17)12-7-9-13(10-8-12)20(18,19)15(3)4/h5,7-10H,1,6,11H2,2-4H3. The van der Waals surface area contributed by atoms with E-state index in [9.17, 15) is 13.2 Å². The van der Waals surface area contributed by atoms with Gasteiger partial charge in [-0.2, -0.15) is 0 Å². The van der Waals surface area contributed by atoms with Crippen molar-refractivity contribution in [1.82, 2.24) is 9.21 Å². The number of hydrogen-bond acceptors (Lipinski definition) is 3. The zero-order valence-electron chi connectivity index (χ0n) is 12.0. The molecule has 6 heteroatoms. The van der Waals surface area contributed by atoms with Crippen LogP contribution < -0.4 is 0 Å². The molecule has 0 fully saturated rings. The lowest BCUT2D eigenvalue weighted by Gasteiger charge is -2.19. The monoisotopic (exact) mass is 296 g/mol. The molecular formula is C14H20N2O3S. The lowest BCUT2D eigenvalue weighted by molar-refractivity contribution is 0.0782. The van der Waals surface area contributed by atoms with E-state index < -0.39 is 10.0 Å². The number of carbonyl (C=O) groups is 1. The highest BCUT2D eigenvalue weighted by Gasteiger charge is 2.18. The van der Waals surface area contributed by atoms with E-state index in [0.29, 0.717) is 18.7 Å². The molecule has 0 aliphatic rings. The third kappa shape index (κ3) is 3.46. The number of hydrogen-bond donors (Lipinski definition) is 0. The molecule has 0 spiro atoms. The number of rotatable bonds is 6. The summed E-state index contributed by atoms with van der Waals surface area (Å²) in [4.78, 5) is 14.0. The Balaban J connectivity index is 3.03. The molecule has 5 nitrogen and oxygen atoms in total. The number of benzene rings is 1. The molecule has 1 aromatic rings. The third-order valence-electron chi connectivity index (χ3n) is 2.90. The lowest BCUT2D eigenvalue weighted by atomic mass is 10.2. The van der Waals surface area contributed by atoms with Gasteiger partial charge in [0, 0.05) is 32.7 Å². The maximum atomic E-state index is 12.2. The Morgan fingerprint density at radius 2 is 1.80 bits per heavy atom. The number of likely N-dealkylation sites (N-methyl/N-ethyl adjacent to an activating group) is 1. The lowest BCUT2D eigenvalue weighted by Crippen LogP contribution is -2.31. The molecule has 0 radical (unpaired) electrons. The highest BCUT2D eigenvalue weighted by Crippen LogP contribution is 2.15. The van der Waals surface area contributed by atoms with Gasteiger partial charge in [0.1, 0.15) is 0 Å². The predicted molar refractivity (Wildman–Crippen MR) is 79.1 cm³/mol. The summed E-state index contributed by atoms with van der Waals surface area (Å²) in [7, 11) is -0.524. The van der Waals surface area contributed by atoms with Crippen LogP contribution in [0.25, 0.3) is 0 Å². The molecule has 0 unspecified atom stereocenters. The van der Waals surface area contributed by atoms with Crippen LogP contribution in [0.3, 0.4) is 0 Å². The van der Waals surface area contributed by atoms with Gasteiger partial charge in [0.15, 0.2) is 0 Å². The van der Waals surface area contributed by atoms with Gasteiger partial charge in [0.25, 0.3) is 5.91 Å². The average Bonchev–Trinajstić information content (AvgIpc) is 2.44. The average molecular weight is 296 g/mol. The molecule has 0 saturated heterocycles. The minimum Gasteiger partial charge on any atom is -0.335 e. The summed E-state index contributed by atoms with van der Waals surface area (Å²) >= 11 is 0. The minimum atomic E-state index is -3.46. The van der Waals surface area contributed by atoms with Crippen LogP contribution in [0.1, 0.15) is 17.3 Å². The van der Waals surface area contributed by atoms with Crippen molar-refractivity contribution in [2.24, 2.45) is 0 Å². The predicted octanol–water partition coefficient (Wildman–Crippen LogP) is 1.58. The summed E-state index contributed by atoms with van der Waals surface area (Å²) in [5.41, 5.74) is 0.464. The molecule has 0 heterocycles. The summed E-state index contributed by atoms with van der Waals surface area (Å²) in [5, 5.41) is 0. The van der Waals surface area contributed by atoms with Crippen LogP contribution >= 0.6 is 0 Å². The maximum absolute atomic E-state index is 12.2. The van der Waals surface area contributed by atoms with Crippen LogP contribution in [-0.4, -0.2) is 50.7 Å². The second-order valence-electron chi connectivity index (χ2n) is 4.44. The molecule has 0 aromatic heterocycles. The quantitative estimate of drug-likeness (QED) is 0.749. The Labute approximate surface area is 120 Å². The normalized spacial score (nSPS) is 11.4. The smallest absolute Gasteiger partial charge is 0.254 e. The van der Waals surface area contributed by atoms with E-state index in [1.165, 1.54) is 38.4 Å². The van der Waals surface area contributed by atoms with E-state index in [4.69, 9.17) is 0 Å². The summed E-state index contributed by atoms with van der Waals surface area (Å²) in [6.45, 7) is 6.53. The van der Waals surface area contributed by atoms with Gasteiger partial charge in [-0.15, -0.1) is 6.58 Å². The third-order valence-corrected chi connectivity index (χ3v) is 4.73. The molecule has 0 saturated carbocycles. The van der Waals surface area contributed by atoms with Crippen molar-refractivity contribution in [1.29, 1.82) is 0 Å². The largest absolute Gasteiger partial charge is 0.335 e. The Hall–Kier alpha value is -1.66. The number of nitrogens with zero attached hydrogens (tertiary/aromatic N) is 2. The van der Waals surface area contributed by atoms with Crippen LogP contribution in [0.2, 0.25) is 0 Å². The Morgan fingerprint density at radius 1 is 1.25 bits per heavy atom. The first-order valence-electron chi connectivity index (χ1n) is 6.27. The van der Waals surface area contributed by atoms with Gasteiger partial charge in [-0.05, 0) is 31.2 Å². The van der Waals surface area contributed by atoms with Gasteiger partial charge in [-0.25, -0.2) is 12.7 Å². The molecule has 20 heavy (non-hydrogen) atoms. The molecule has 0 atom stereocenters.